The molecule has 0 aliphatic rings. The zero-order valence-corrected chi connectivity index (χ0v) is 9.70. The van der Waals surface area contributed by atoms with E-state index in [1.54, 1.807) is 0 Å². The summed E-state index contributed by atoms with van der Waals surface area (Å²) in [7, 11) is 0. The van der Waals surface area contributed by atoms with Gasteiger partial charge in [0.15, 0.2) is 0 Å². The minimum absolute atomic E-state index is 0.00713. The van der Waals surface area contributed by atoms with Crippen molar-refractivity contribution in [1.82, 2.24) is 0 Å². The van der Waals surface area contributed by atoms with Gasteiger partial charge in [-0.25, -0.2) is 0 Å². The van der Waals surface area contributed by atoms with Gasteiger partial charge < -0.3 is 10.5 Å². The maximum atomic E-state index is 6.09. The summed E-state index contributed by atoms with van der Waals surface area (Å²) in [5.74, 6) is 0. The van der Waals surface area contributed by atoms with E-state index in [9.17, 15) is 0 Å². The number of nitrogens with two attached hydrogens (primary N) is 1. The lowest BCUT2D eigenvalue weighted by molar-refractivity contribution is 0.121. The fourth-order valence-corrected chi connectivity index (χ4v) is 1.66. The van der Waals surface area contributed by atoms with E-state index >= 15 is 0 Å². The third kappa shape index (κ3) is 3.65. The van der Waals surface area contributed by atoms with Crippen LogP contribution in [0.2, 0.25) is 0 Å². The average molecular weight is 207 g/mol. The van der Waals surface area contributed by atoms with Gasteiger partial charge >= 0.3 is 0 Å². The van der Waals surface area contributed by atoms with Gasteiger partial charge in [0.05, 0.1) is 12.6 Å². The molecular formula is C13H21NO. The monoisotopic (exact) mass is 207 g/mol. The lowest BCUT2D eigenvalue weighted by atomic mass is 10.00. The lowest BCUT2D eigenvalue weighted by Crippen LogP contribution is -2.18. The quantitative estimate of drug-likeness (QED) is 0.728. The molecule has 1 aromatic carbocycles. The molecule has 0 saturated carbocycles. The molecule has 2 N–H and O–H groups in total. The zero-order valence-electron chi connectivity index (χ0n) is 9.70. The Morgan fingerprint density at radius 3 is 2.67 bits per heavy atom. The fraction of sp³-hybridized carbons (Fsp3) is 0.538. The molecule has 0 bridgehead atoms. The molecule has 15 heavy (non-hydrogen) atoms. The standard InChI is InChI=1S/C13H21NO/c1-3-9-15-10-13(14)12-8-6-5-7-11(12)4-2/h5-8,13H,3-4,9-10,14H2,1-2H3. The van der Waals surface area contributed by atoms with E-state index in [-0.39, 0.29) is 6.04 Å². The van der Waals surface area contributed by atoms with Crippen LogP contribution in [-0.2, 0) is 11.2 Å². The third-order valence-corrected chi connectivity index (χ3v) is 2.48. The first-order valence-electron chi connectivity index (χ1n) is 5.70. The molecule has 2 nitrogen and oxygen atoms in total. The molecule has 2 heteroatoms. The van der Waals surface area contributed by atoms with Gasteiger partial charge in [-0.05, 0) is 24.0 Å². The SMILES string of the molecule is CCCOCC(N)c1ccccc1CC. The number of benzene rings is 1. The first-order chi connectivity index (χ1) is 7.29. The molecule has 1 atom stereocenters. The van der Waals surface area contributed by atoms with E-state index in [2.05, 4.69) is 32.0 Å². The van der Waals surface area contributed by atoms with Crippen LogP contribution in [0.5, 0.6) is 0 Å². The van der Waals surface area contributed by atoms with Gasteiger partial charge in [-0.1, -0.05) is 38.1 Å². The predicted octanol–water partition coefficient (Wildman–Crippen LogP) is 2.68. The smallest absolute Gasteiger partial charge is 0.0659 e. The van der Waals surface area contributed by atoms with E-state index in [1.807, 2.05) is 6.07 Å². The Balaban J connectivity index is 2.59. The zero-order chi connectivity index (χ0) is 11.1. The van der Waals surface area contributed by atoms with Crippen LogP contribution < -0.4 is 5.73 Å². The molecule has 0 aromatic heterocycles. The van der Waals surface area contributed by atoms with Gasteiger partial charge in [-0.15, -0.1) is 0 Å². The number of ether oxygens (including phenoxy) is 1. The molecule has 0 spiro atoms. The van der Waals surface area contributed by atoms with E-state index in [4.69, 9.17) is 10.5 Å². The summed E-state index contributed by atoms with van der Waals surface area (Å²) in [5.41, 5.74) is 8.63. The normalized spacial score (nSPS) is 12.7. The number of aryl methyl sites for hydroxylation is 1. The summed E-state index contributed by atoms with van der Waals surface area (Å²) in [4.78, 5) is 0. The molecule has 0 fully saturated rings. The van der Waals surface area contributed by atoms with Crippen molar-refractivity contribution in [3.63, 3.8) is 0 Å². The second-order valence-electron chi connectivity index (χ2n) is 3.73. The van der Waals surface area contributed by atoms with Gasteiger partial charge in [0.1, 0.15) is 0 Å². The number of hydrogen-bond donors (Lipinski definition) is 1. The summed E-state index contributed by atoms with van der Waals surface area (Å²) in [6.45, 7) is 5.66. The van der Waals surface area contributed by atoms with Crippen molar-refractivity contribution in [1.29, 1.82) is 0 Å². The highest BCUT2D eigenvalue weighted by Gasteiger charge is 2.09. The first-order valence-corrected chi connectivity index (χ1v) is 5.70. The van der Waals surface area contributed by atoms with Crippen molar-refractivity contribution in [3.8, 4) is 0 Å². The largest absolute Gasteiger partial charge is 0.379 e. The van der Waals surface area contributed by atoms with E-state index in [0.29, 0.717) is 6.61 Å². The van der Waals surface area contributed by atoms with Crippen molar-refractivity contribution in [2.75, 3.05) is 13.2 Å². The molecule has 1 aromatic rings. The average Bonchev–Trinajstić information content (AvgIpc) is 2.29. The van der Waals surface area contributed by atoms with Crippen LogP contribution in [0.3, 0.4) is 0 Å². The highest BCUT2D eigenvalue weighted by Crippen LogP contribution is 2.16. The summed E-state index contributed by atoms with van der Waals surface area (Å²) in [6, 6.07) is 8.33. The molecule has 1 rings (SSSR count). The van der Waals surface area contributed by atoms with Crippen LogP contribution in [0.4, 0.5) is 0 Å². The van der Waals surface area contributed by atoms with Crippen LogP contribution in [0.25, 0.3) is 0 Å². The highest BCUT2D eigenvalue weighted by molar-refractivity contribution is 5.29. The fourth-order valence-electron chi connectivity index (χ4n) is 1.66. The van der Waals surface area contributed by atoms with Gasteiger partial charge in [0.2, 0.25) is 0 Å². The highest BCUT2D eigenvalue weighted by atomic mass is 16.5. The minimum Gasteiger partial charge on any atom is -0.379 e. The summed E-state index contributed by atoms with van der Waals surface area (Å²) < 4.78 is 5.47. The van der Waals surface area contributed by atoms with Crippen molar-refractivity contribution in [2.45, 2.75) is 32.7 Å². The Labute approximate surface area is 92.4 Å². The van der Waals surface area contributed by atoms with Gasteiger partial charge in [0, 0.05) is 6.61 Å². The molecule has 0 aliphatic carbocycles. The van der Waals surface area contributed by atoms with Gasteiger partial charge in [-0.3, -0.25) is 0 Å². The van der Waals surface area contributed by atoms with Crippen LogP contribution in [0.15, 0.2) is 24.3 Å². The number of hydrogen-bond acceptors (Lipinski definition) is 2. The third-order valence-electron chi connectivity index (χ3n) is 2.48. The molecule has 0 saturated heterocycles. The topological polar surface area (TPSA) is 35.2 Å². The lowest BCUT2D eigenvalue weighted by Gasteiger charge is -2.15. The summed E-state index contributed by atoms with van der Waals surface area (Å²) >= 11 is 0. The Kier molecular flexibility index (Phi) is 5.37. The van der Waals surface area contributed by atoms with Gasteiger partial charge in [-0.2, -0.15) is 0 Å². The second kappa shape index (κ2) is 6.59. The maximum Gasteiger partial charge on any atom is 0.0659 e. The van der Waals surface area contributed by atoms with E-state index in [0.717, 1.165) is 19.4 Å². The molecule has 0 heterocycles. The van der Waals surface area contributed by atoms with Crippen molar-refractivity contribution < 1.29 is 4.74 Å². The Hall–Kier alpha value is -0.860. The summed E-state index contributed by atoms with van der Waals surface area (Å²) in [6.07, 6.45) is 2.07. The van der Waals surface area contributed by atoms with Crippen LogP contribution in [0, 0.1) is 0 Å². The molecule has 1 unspecified atom stereocenters. The Morgan fingerprint density at radius 2 is 2.00 bits per heavy atom. The first kappa shape index (κ1) is 12.2. The van der Waals surface area contributed by atoms with E-state index < -0.39 is 0 Å². The molecular weight excluding hydrogens is 186 g/mol. The van der Waals surface area contributed by atoms with Crippen molar-refractivity contribution >= 4 is 0 Å². The predicted molar refractivity (Wildman–Crippen MR) is 63.9 cm³/mol. The maximum absolute atomic E-state index is 6.09. The van der Waals surface area contributed by atoms with Crippen LogP contribution >= 0.6 is 0 Å². The Morgan fingerprint density at radius 1 is 1.27 bits per heavy atom. The minimum atomic E-state index is 0.00713. The molecule has 84 valence electrons. The molecule has 0 radical (unpaired) electrons. The van der Waals surface area contributed by atoms with Crippen LogP contribution in [0.1, 0.15) is 37.4 Å². The second-order valence-corrected chi connectivity index (χ2v) is 3.73. The Bertz CT molecular complexity index is 286. The number of rotatable bonds is 6. The van der Waals surface area contributed by atoms with Crippen molar-refractivity contribution in [2.24, 2.45) is 5.73 Å². The molecule has 0 amide bonds. The van der Waals surface area contributed by atoms with Crippen molar-refractivity contribution in [3.05, 3.63) is 35.4 Å². The van der Waals surface area contributed by atoms with E-state index in [1.165, 1.54) is 11.1 Å². The van der Waals surface area contributed by atoms with Crippen LogP contribution in [-0.4, -0.2) is 13.2 Å². The van der Waals surface area contributed by atoms with Gasteiger partial charge in [0.25, 0.3) is 0 Å². The summed E-state index contributed by atoms with van der Waals surface area (Å²) in [5, 5.41) is 0. The molecule has 0 aliphatic heterocycles.